The summed E-state index contributed by atoms with van der Waals surface area (Å²) in [5.74, 6) is 1.18. The molecule has 0 aliphatic carbocycles. The van der Waals surface area contributed by atoms with Crippen molar-refractivity contribution in [2.45, 2.75) is 18.5 Å². The summed E-state index contributed by atoms with van der Waals surface area (Å²) < 4.78 is 2.02. The van der Waals surface area contributed by atoms with Gasteiger partial charge in [-0.3, -0.25) is 9.36 Å². The van der Waals surface area contributed by atoms with E-state index in [-0.39, 0.29) is 5.91 Å². The summed E-state index contributed by atoms with van der Waals surface area (Å²) in [6.45, 7) is 2.54. The molecule has 3 aromatic rings. The lowest BCUT2D eigenvalue weighted by molar-refractivity contribution is -0.118. The van der Waals surface area contributed by atoms with Crippen molar-refractivity contribution >= 4 is 17.7 Å². The molecule has 0 aliphatic heterocycles. The molecule has 25 heavy (non-hydrogen) atoms. The van der Waals surface area contributed by atoms with Crippen LogP contribution in [0.4, 0.5) is 0 Å². The Morgan fingerprint density at radius 1 is 1.04 bits per heavy atom. The van der Waals surface area contributed by atoms with Crippen LogP contribution in [0.25, 0.3) is 5.69 Å². The molecule has 0 spiro atoms. The first-order valence-electron chi connectivity index (χ1n) is 8.21. The monoisotopic (exact) mass is 352 g/mol. The van der Waals surface area contributed by atoms with Crippen LogP contribution in [0.2, 0.25) is 0 Å². The number of aromatic nitrogens is 3. The number of nitrogens with one attached hydrogen (secondary N) is 1. The molecule has 2 aromatic carbocycles. The van der Waals surface area contributed by atoms with Crippen LogP contribution >= 0.6 is 11.8 Å². The fraction of sp³-hybridized carbons (Fsp3) is 0.211. The quantitative estimate of drug-likeness (QED) is 0.664. The molecule has 128 valence electrons. The number of benzene rings is 2. The maximum absolute atomic E-state index is 11.8. The standard InChI is InChI=1S/C19H20N4OS/c1-2-20-18(24)14-25-19-22-21-17(13-15-9-5-3-6-10-15)23(19)16-11-7-4-8-12-16/h3-12H,2,13-14H2,1H3,(H,20,24). The van der Waals surface area contributed by atoms with Crippen LogP contribution in [0.5, 0.6) is 0 Å². The summed E-state index contributed by atoms with van der Waals surface area (Å²) in [6.07, 6.45) is 0.685. The molecule has 1 amide bonds. The first kappa shape index (κ1) is 17.2. The highest BCUT2D eigenvalue weighted by Crippen LogP contribution is 2.23. The van der Waals surface area contributed by atoms with E-state index in [4.69, 9.17) is 0 Å². The third-order valence-electron chi connectivity index (χ3n) is 3.63. The maximum atomic E-state index is 11.8. The summed E-state index contributed by atoms with van der Waals surface area (Å²) in [7, 11) is 0. The number of amides is 1. The Balaban J connectivity index is 1.89. The average molecular weight is 352 g/mol. The molecule has 0 radical (unpaired) electrons. The van der Waals surface area contributed by atoms with Crippen molar-refractivity contribution in [3.8, 4) is 5.69 Å². The van der Waals surface area contributed by atoms with E-state index in [0.717, 1.165) is 16.7 Å². The summed E-state index contributed by atoms with van der Waals surface area (Å²) >= 11 is 1.40. The number of carbonyl (C=O) groups excluding carboxylic acids is 1. The third kappa shape index (κ3) is 4.48. The highest BCUT2D eigenvalue weighted by Gasteiger charge is 2.16. The van der Waals surface area contributed by atoms with Gasteiger partial charge in [-0.15, -0.1) is 10.2 Å². The number of hydrogen-bond acceptors (Lipinski definition) is 4. The lowest BCUT2D eigenvalue weighted by Crippen LogP contribution is -2.24. The fourth-order valence-electron chi connectivity index (χ4n) is 2.50. The van der Waals surface area contributed by atoms with E-state index in [1.807, 2.05) is 60.0 Å². The van der Waals surface area contributed by atoms with E-state index in [1.54, 1.807) is 0 Å². The molecular weight excluding hydrogens is 332 g/mol. The van der Waals surface area contributed by atoms with E-state index in [1.165, 1.54) is 17.3 Å². The molecule has 0 saturated heterocycles. The predicted molar refractivity (Wildman–Crippen MR) is 100 cm³/mol. The predicted octanol–water partition coefficient (Wildman–Crippen LogP) is 3.09. The molecule has 0 bridgehead atoms. The Bertz CT molecular complexity index is 818. The van der Waals surface area contributed by atoms with Crippen molar-refractivity contribution in [1.82, 2.24) is 20.1 Å². The fourth-order valence-corrected chi connectivity index (χ4v) is 3.30. The molecule has 0 atom stereocenters. The second kappa shape index (κ2) is 8.48. The Hall–Kier alpha value is -2.60. The van der Waals surface area contributed by atoms with Crippen LogP contribution in [0.3, 0.4) is 0 Å². The second-order valence-corrected chi connectivity index (χ2v) is 6.42. The number of carbonyl (C=O) groups is 1. The lowest BCUT2D eigenvalue weighted by Gasteiger charge is -2.10. The van der Waals surface area contributed by atoms with Crippen molar-refractivity contribution < 1.29 is 4.79 Å². The molecule has 5 nitrogen and oxygen atoms in total. The highest BCUT2D eigenvalue weighted by molar-refractivity contribution is 7.99. The number of hydrogen-bond donors (Lipinski definition) is 1. The molecule has 0 unspecified atom stereocenters. The van der Waals surface area contributed by atoms with Gasteiger partial charge in [-0.2, -0.15) is 0 Å². The van der Waals surface area contributed by atoms with Crippen molar-refractivity contribution in [3.63, 3.8) is 0 Å². The lowest BCUT2D eigenvalue weighted by atomic mass is 10.1. The van der Waals surface area contributed by atoms with Gasteiger partial charge in [-0.25, -0.2) is 0 Å². The van der Waals surface area contributed by atoms with Crippen LogP contribution in [0.1, 0.15) is 18.3 Å². The van der Waals surface area contributed by atoms with E-state index in [9.17, 15) is 4.79 Å². The minimum atomic E-state index is -0.000258. The zero-order chi connectivity index (χ0) is 17.5. The minimum absolute atomic E-state index is 0.000258. The van der Waals surface area contributed by atoms with Crippen LogP contribution < -0.4 is 5.32 Å². The summed E-state index contributed by atoms with van der Waals surface area (Å²) in [5.41, 5.74) is 2.17. The van der Waals surface area contributed by atoms with E-state index in [0.29, 0.717) is 18.7 Å². The zero-order valence-corrected chi connectivity index (χ0v) is 14.9. The number of thioether (sulfide) groups is 1. The van der Waals surface area contributed by atoms with Gasteiger partial charge in [0.2, 0.25) is 5.91 Å². The molecule has 3 rings (SSSR count). The maximum Gasteiger partial charge on any atom is 0.230 e. The van der Waals surface area contributed by atoms with Gasteiger partial charge in [0, 0.05) is 18.7 Å². The van der Waals surface area contributed by atoms with Gasteiger partial charge in [0.15, 0.2) is 5.16 Å². The van der Waals surface area contributed by atoms with Gasteiger partial charge >= 0.3 is 0 Å². The minimum Gasteiger partial charge on any atom is -0.356 e. The van der Waals surface area contributed by atoms with Crippen molar-refractivity contribution in [2.75, 3.05) is 12.3 Å². The molecule has 0 aliphatic rings. The average Bonchev–Trinajstić information content (AvgIpc) is 3.04. The second-order valence-electron chi connectivity index (χ2n) is 5.47. The first-order valence-corrected chi connectivity index (χ1v) is 9.19. The van der Waals surface area contributed by atoms with Gasteiger partial charge in [0.05, 0.1) is 5.75 Å². The van der Waals surface area contributed by atoms with Crippen molar-refractivity contribution in [1.29, 1.82) is 0 Å². The smallest absolute Gasteiger partial charge is 0.230 e. The number of nitrogens with zero attached hydrogens (tertiary/aromatic N) is 3. The zero-order valence-electron chi connectivity index (χ0n) is 14.1. The molecule has 1 heterocycles. The summed E-state index contributed by atoms with van der Waals surface area (Å²) in [6, 6.07) is 20.2. The van der Waals surface area contributed by atoms with Crippen LogP contribution in [-0.4, -0.2) is 33.0 Å². The van der Waals surface area contributed by atoms with Gasteiger partial charge < -0.3 is 5.32 Å². The Kier molecular flexibility index (Phi) is 5.85. The molecule has 0 saturated carbocycles. The Labute approximate surface area is 151 Å². The van der Waals surface area contributed by atoms with E-state index in [2.05, 4.69) is 27.6 Å². The Morgan fingerprint density at radius 3 is 2.40 bits per heavy atom. The Morgan fingerprint density at radius 2 is 1.72 bits per heavy atom. The number of rotatable bonds is 7. The molecule has 0 fully saturated rings. The van der Waals surface area contributed by atoms with Gasteiger partial charge in [-0.05, 0) is 24.6 Å². The van der Waals surface area contributed by atoms with E-state index < -0.39 is 0 Å². The van der Waals surface area contributed by atoms with Gasteiger partial charge in [0.1, 0.15) is 5.82 Å². The molecule has 1 aromatic heterocycles. The summed E-state index contributed by atoms with van der Waals surface area (Å²) in [5, 5.41) is 12.2. The van der Waals surface area contributed by atoms with Crippen LogP contribution in [0.15, 0.2) is 65.8 Å². The van der Waals surface area contributed by atoms with E-state index >= 15 is 0 Å². The topological polar surface area (TPSA) is 59.8 Å². The summed E-state index contributed by atoms with van der Waals surface area (Å²) in [4.78, 5) is 11.8. The molecule has 6 heteroatoms. The van der Waals surface area contributed by atoms with Crippen molar-refractivity contribution in [3.05, 3.63) is 72.1 Å². The first-order chi connectivity index (χ1) is 12.3. The normalized spacial score (nSPS) is 10.6. The molecular formula is C19H20N4OS. The largest absolute Gasteiger partial charge is 0.356 e. The molecule has 1 N–H and O–H groups in total. The van der Waals surface area contributed by atoms with Crippen molar-refractivity contribution in [2.24, 2.45) is 0 Å². The van der Waals surface area contributed by atoms with Crippen LogP contribution in [-0.2, 0) is 11.2 Å². The SMILES string of the molecule is CCNC(=O)CSc1nnc(Cc2ccccc2)n1-c1ccccc1. The van der Waals surface area contributed by atoms with Crippen LogP contribution in [0, 0.1) is 0 Å². The van der Waals surface area contributed by atoms with Gasteiger partial charge in [-0.1, -0.05) is 60.3 Å². The van der Waals surface area contributed by atoms with Gasteiger partial charge in [0.25, 0.3) is 0 Å². The third-order valence-corrected chi connectivity index (χ3v) is 4.56. The number of para-hydroxylation sites is 1. The highest BCUT2D eigenvalue weighted by atomic mass is 32.2.